The summed E-state index contributed by atoms with van der Waals surface area (Å²) in [6, 6.07) is 0. The molecule has 0 saturated heterocycles. The Labute approximate surface area is 188 Å². The van der Waals surface area contributed by atoms with Gasteiger partial charge >= 0.3 is 0 Å². The lowest BCUT2D eigenvalue weighted by atomic mass is 10.9. The lowest BCUT2D eigenvalue weighted by Gasteiger charge is -2.04. The van der Waals surface area contributed by atoms with Gasteiger partial charge in [0.25, 0.3) is 0 Å². The summed E-state index contributed by atoms with van der Waals surface area (Å²) >= 11 is 13.8. The minimum atomic E-state index is -0.731. The van der Waals surface area contributed by atoms with E-state index < -0.39 is 10.8 Å². The van der Waals surface area contributed by atoms with Gasteiger partial charge in [-0.15, -0.1) is 58.8 Å². The summed E-state index contributed by atoms with van der Waals surface area (Å²) in [6.45, 7) is 0.217. The highest BCUT2D eigenvalue weighted by molar-refractivity contribution is 8.27. The molecule has 0 radical (unpaired) electrons. The molecule has 0 aromatic carbocycles. The van der Waals surface area contributed by atoms with E-state index in [1.54, 1.807) is 47.0 Å². The predicted molar refractivity (Wildman–Crippen MR) is 136 cm³/mol. The second-order valence-corrected chi connectivity index (χ2v) is 16.0. The number of carbonyl (C=O) groups excluding carboxylic acids is 1. The molecule has 0 aromatic rings. The van der Waals surface area contributed by atoms with Gasteiger partial charge in [0.1, 0.15) is 0 Å². The summed E-state index contributed by atoms with van der Waals surface area (Å²) in [7, 11) is -0.731. The molecule has 12 heteroatoms. The van der Waals surface area contributed by atoms with Crippen molar-refractivity contribution in [2.75, 3.05) is 66.4 Å². The zero-order valence-electron chi connectivity index (χ0n) is 14.2. The van der Waals surface area contributed by atoms with E-state index in [4.69, 9.17) is 5.11 Å². The van der Waals surface area contributed by atoms with E-state index in [-0.39, 0.29) is 11.7 Å². The molecule has 25 heavy (non-hydrogen) atoms. The quantitative estimate of drug-likeness (QED) is 0.194. The van der Waals surface area contributed by atoms with Gasteiger partial charge in [0.2, 0.25) is 0 Å². The van der Waals surface area contributed by atoms with Crippen molar-refractivity contribution in [1.82, 2.24) is 0 Å². The van der Waals surface area contributed by atoms with Crippen LogP contribution in [0.15, 0.2) is 0 Å². The minimum absolute atomic E-state index is 0.217. The Balaban J connectivity index is 3.20. The Morgan fingerprint density at radius 3 is 2.24 bits per heavy atom. The van der Waals surface area contributed by atoms with Crippen molar-refractivity contribution >= 4 is 110 Å². The van der Waals surface area contributed by atoms with Crippen LogP contribution >= 0.6 is 94.1 Å². The highest BCUT2D eigenvalue weighted by Gasteiger charge is 2.03. The normalized spacial score (nSPS) is 12.4. The van der Waals surface area contributed by atoms with E-state index in [9.17, 15) is 9.00 Å². The molecule has 0 heterocycles. The summed E-state index contributed by atoms with van der Waals surface area (Å²) in [5.74, 6) is 3.09. The standard InChI is InChI=1S/C13H26O3S9/c1-17-7-24-13(15)6-20-10-22-11-21-8-19-4-5-25(16)12-23-9-18-3-2-14/h14H,2-12H2,1H3. The van der Waals surface area contributed by atoms with E-state index in [0.29, 0.717) is 10.8 Å². The molecule has 0 spiro atoms. The maximum Gasteiger partial charge on any atom is 0.199 e. The van der Waals surface area contributed by atoms with Gasteiger partial charge in [-0.25, -0.2) is 0 Å². The fourth-order valence-electron chi connectivity index (χ4n) is 1.12. The fourth-order valence-corrected chi connectivity index (χ4v) is 11.2. The smallest absolute Gasteiger partial charge is 0.199 e. The molecule has 0 aliphatic rings. The zero-order chi connectivity index (χ0) is 18.6. The summed E-state index contributed by atoms with van der Waals surface area (Å²) in [5.41, 5.74) is 0. The number of hydrogen-bond acceptors (Lipinski definition) is 11. The highest BCUT2D eigenvalue weighted by atomic mass is 32.3. The van der Waals surface area contributed by atoms with Gasteiger partial charge in [0.15, 0.2) is 5.12 Å². The average Bonchev–Trinajstić information content (AvgIpc) is 2.61. The Bertz CT molecular complexity index is 334. The predicted octanol–water partition coefficient (Wildman–Crippen LogP) is 4.49. The third-order valence-electron chi connectivity index (χ3n) is 2.13. The molecule has 1 atom stereocenters. The maximum absolute atomic E-state index is 11.8. The molecule has 150 valence electrons. The molecule has 0 amide bonds. The fraction of sp³-hybridized carbons (Fsp3) is 0.923. The molecule has 1 unspecified atom stereocenters. The average molecular weight is 519 g/mol. The first-order chi connectivity index (χ1) is 12.2. The molecule has 0 aliphatic carbocycles. The minimum Gasteiger partial charge on any atom is -0.396 e. The molecule has 0 fully saturated rings. The van der Waals surface area contributed by atoms with E-state index in [1.807, 2.05) is 41.5 Å². The van der Waals surface area contributed by atoms with Crippen LogP contribution in [0.25, 0.3) is 0 Å². The van der Waals surface area contributed by atoms with Gasteiger partial charge in [-0.05, 0) is 6.26 Å². The summed E-state index contributed by atoms with van der Waals surface area (Å²) in [5, 5.41) is 14.5. The second kappa shape index (κ2) is 22.9. The van der Waals surface area contributed by atoms with E-state index in [0.717, 1.165) is 42.7 Å². The van der Waals surface area contributed by atoms with Crippen LogP contribution in [-0.4, -0.2) is 80.8 Å². The van der Waals surface area contributed by atoms with Crippen molar-refractivity contribution in [1.29, 1.82) is 0 Å². The van der Waals surface area contributed by atoms with E-state index in [1.165, 1.54) is 11.8 Å². The Morgan fingerprint density at radius 1 is 0.880 bits per heavy atom. The molecule has 0 bridgehead atoms. The first-order valence-electron chi connectivity index (χ1n) is 7.27. The Kier molecular flexibility index (Phi) is 25.2. The van der Waals surface area contributed by atoms with Crippen LogP contribution in [-0.2, 0) is 15.6 Å². The van der Waals surface area contributed by atoms with Crippen molar-refractivity contribution in [3.05, 3.63) is 0 Å². The maximum atomic E-state index is 11.8. The van der Waals surface area contributed by atoms with Gasteiger partial charge < -0.3 is 5.11 Å². The first kappa shape index (κ1) is 27.6. The summed E-state index contributed by atoms with van der Waals surface area (Å²) in [6.07, 6.45) is 2.01. The number of aliphatic hydroxyl groups is 1. The number of thioether (sulfide) groups is 8. The monoisotopic (exact) mass is 518 g/mol. The van der Waals surface area contributed by atoms with Gasteiger partial charge in [-0.3, -0.25) is 9.00 Å². The van der Waals surface area contributed by atoms with Crippen molar-refractivity contribution in [2.45, 2.75) is 0 Å². The van der Waals surface area contributed by atoms with Crippen LogP contribution in [0, 0.1) is 0 Å². The molecule has 0 aliphatic heterocycles. The van der Waals surface area contributed by atoms with Crippen LogP contribution in [0.3, 0.4) is 0 Å². The van der Waals surface area contributed by atoms with Gasteiger partial charge in [-0.2, -0.15) is 23.5 Å². The molecule has 3 nitrogen and oxygen atoms in total. The molecule has 0 rings (SSSR count). The third-order valence-corrected chi connectivity index (χ3v) is 13.6. The Hall–Kier alpha value is 2.58. The summed E-state index contributed by atoms with van der Waals surface area (Å²) in [4.78, 5) is 11.4. The third kappa shape index (κ3) is 22.7. The van der Waals surface area contributed by atoms with Crippen LogP contribution in [0.2, 0.25) is 0 Å². The molecule has 0 aromatic heterocycles. The topological polar surface area (TPSA) is 54.4 Å². The molecule has 1 N–H and O–H groups in total. The largest absolute Gasteiger partial charge is 0.396 e. The number of aliphatic hydroxyl groups excluding tert-OH is 1. The molecular formula is C13H26O3S9. The van der Waals surface area contributed by atoms with Gasteiger partial charge in [0.05, 0.1) is 17.4 Å². The van der Waals surface area contributed by atoms with Crippen molar-refractivity contribution < 1.29 is 14.1 Å². The second-order valence-electron chi connectivity index (χ2n) is 4.16. The lowest BCUT2D eigenvalue weighted by Crippen LogP contribution is -2.03. The molecule has 0 saturated carbocycles. The number of hydrogen-bond donors (Lipinski definition) is 1. The first-order valence-corrected chi connectivity index (χ1v) is 18.1. The van der Waals surface area contributed by atoms with Crippen molar-refractivity contribution in [3.63, 3.8) is 0 Å². The number of carbonyl (C=O) groups is 1. The van der Waals surface area contributed by atoms with Crippen LogP contribution in [0.4, 0.5) is 0 Å². The lowest BCUT2D eigenvalue weighted by molar-refractivity contribution is -0.108. The molecular weight excluding hydrogens is 493 g/mol. The van der Waals surface area contributed by atoms with Crippen LogP contribution < -0.4 is 0 Å². The summed E-state index contributed by atoms with van der Waals surface area (Å²) < 4.78 is 11.8. The number of rotatable bonds is 19. The SMILES string of the molecule is CSCSC(=O)CSCSCSCSCCS(=O)CSCSCCO. The van der Waals surface area contributed by atoms with Crippen molar-refractivity contribution in [2.24, 2.45) is 0 Å². The Morgan fingerprint density at radius 2 is 1.52 bits per heavy atom. The van der Waals surface area contributed by atoms with E-state index >= 15 is 0 Å². The van der Waals surface area contributed by atoms with Gasteiger partial charge in [0, 0.05) is 53.5 Å². The van der Waals surface area contributed by atoms with Crippen LogP contribution in [0.5, 0.6) is 0 Å². The van der Waals surface area contributed by atoms with Gasteiger partial charge in [-0.1, -0.05) is 11.8 Å². The highest BCUT2D eigenvalue weighted by Crippen LogP contribution is 2.22. The van der Waals surface area contributed by atoms with E-state index in [2.05, 4.69) is 0 Å². The zero-order valence-corrected chi connectivity index (χ0v) is 21.6. The van der Waals surface area contributed by atoms with Crippen LogP contribution in [0.1, 0.15) is 0 Å². The van der Waals surface area contributed by atoms with Crippen molar-refractivity contribution in [3.8, 4) is 0 Å².